The van der Waals surface area contributed by atoms with Crippen molar-refractivity contribution < 1.29 is 9.90 Å². The second-order valence-corrected chi connectivity index (χ2v) is 4.35. The maximum Gasteiger partial charge on any atom is 0.332 e. The van der Waals surface area contributed by atoms with E-state index in [2.05, 4.69) is 0 Å². The van der Waals surface area contributed by atoms with Crippen LogP contribution < -0.4 is 16.4 Å². The van der Waals surface area contributed by atoms with Gasteiger partial charge < -0.3 is 5.11 Å². The molecule has 0 radical (unpaired) electrons. The first-order valence-corrected chi connectivity index (χ1v) is 6.12. The number of aromatic nitrogens is 2. The number of nitrogens with zero attached hydrogens (tertiary/aromatic N) is 1. The van der Waals surface area contributed by atoms with Crippen LogP contribution in [0.4, 0.5) is 0 Å². The number of aromatic amines is 1. The fourth-order valence-electron chi connectivity index (χ4n) is 1.94. The van der Waals surface area contributed by atoms with Gasteiger partial charge in [-0.2, -0.15) is 0 Å². The van der Waals surface area contributed by atoms with Gasteiger partial charge in [0, 0.05) is 5.69 Å². The molecular formula is C14H13N2O4-. The van der Waals surface area contributed by atoms with E-state index in [1.54, 1.807) is 24.3 Å². The molecule has 2 rings (SSSR count). The molecule has 1 aromatic heterocycles. The van der Waals surface area contributed by atoms with Gasteiger partial charge in [0.1, 0.15) is 0 Å². The van der Waals surface area contributed by atoms with Crippen LogP contribution in [-0.4, -0.2) is 15.3 Å². The molecule has 0 amide bonds. The minimum absolute atomic E-state index is 0.316. The van der Waals surface area contributed by atoms with Gasteiger partial charge in [-0.1, -0.05) is 19.1 Å². The Kier molecular flexibility index (Phi) is 3.56. The molecule has 0 bridgehead atoms. The number of aryl methyl sites for hydroxylation is 1. The van der Waals surface area contributed by atoms with Gasteiger partial charge in [0.25, 0.3) is 5.56 Å². The SMILES string of the molecule is CCc1ccc(-n2c([O-])c(C(C)=O)c(=O)[nH]c2=O)cc1. The fraction of sp³-hybridized carbons (Fsp3) is 0.214. The monoisotopic (exact) mass is 273 g/mol. The summed E-state index contributed by atoms with van der Waals surface area (Å²) in [5.41, 5.74) is -0.978. The van der Waals surface area contributed by atoms with Crippen molar-refractivity contribution >= 4 is 5.78 Å². The number of H-pyrrole nitrogens is 1. The van der Waals surface area contributed by atoms with Gasteiger partial charge in [-0.3, -0.25) is 19.1 Å². The highest BCUT2D eigenvalue weighted by atomic mass is 16.3. The molecule has 2 aromatic rings. The summed E-state index contributed by atoms with van der Waals surface area (Å²) >= 11 is 0. The van der Waals surface area contributed by atoms with Gasteiger partial charge in [0.15, 0.2) is 5.78 Å². The van der Waals surface area contributed by atoms with Crippen LogP contribution in [0.3, 0.4) is 0 Å². The molecule has 6 heteroatoms. The second-order valence-electron chi connectivity index (χ2n) is 4.35. The van der Waals surface area contributed by atoms with Crippen LogP contribution in [0.1, 0.15) is 29.8 Å². The van der Waals surface area contributed by atoms with E-state index in [0.29, 0.717) is 5.69 Å². The number of nitrogens with one attached hydrogen (secondary N) is 1. The summed E-state index contributed by atoms with van der Waals surface area (Å²) in [5, 5.41) is 12.1. The lowest BCUT2D eigenvalue weighted by atomic mass is 10.1. The van der Waals surface area contributed by atoms with Crippen molar-refractivity contribution in [2.24, 2.45) is 0 Å². The Morgan fingerprint density at radius 3 is 2.35 bits per heavy atom. The zero-order valence-electron chi connectivity index (χ0n) is 11.1. The molecule has 0 unspecified atom stereocenters. The third-order valence-corrected chi connectivity index (χ3v) is 3.02. The lowest BCUT2D eigenvalue weighted by Crippen LogP contribution is -2.35. The van der Waals surface area contributed by atoms with Crippen molar-refractivity contribution in [3.05, 3.63) is 56.2 Å². The summed E-state index contributed by atoms with van der Waals surface area (Å²) in [6.07, 6.45) is 0.823. The van der Waals surface area contributed by atoms with E-state index in [-0.39, 0.29) is 0 Å². The van der Waals surface area contributed by atoms with Crippen LogP contribution in [-0.2, 0) is 6.42 Å². The topological polar surface area (TPSA) is 95.0 Å². The van der Waals surface area contributed by atoms with Gasteiger partial charge in [0.05, 0.1) is 5.56 Å². The summed E-state index contributed by atoms with van der Waals surface area (Å²) in [6.45, 7) is 3.09. The van der Waals surface area contributed by atoms with Crippen molar-refractivity contribution in [1.82, 2.24) is 9.55 Å². The largest absolute Gasteiger partial charge is 0.859 e. The first-order valence-electron chi connectivity index (χ1n) is 6.12. The molecular weight excluding hydrogens is 260 g/mol. The first kappa shape index (κ1) is 13.8. The van der Waals surface area contributed by atoms with Crippen molar-refractivity contribution in [2.45, 2.75) is 20.3 Å². The molecule has 1 N–H and O–H groups in total. The highest BCUT2D eigenvalue weighted by Crippen LogP contribution is 2.15. The Balaban J connectivity index is 2.73. The molecule has 0 aliphatic carbocycles. The standard InChI is InChI=1S/C14H14N2O4/c1-3-9-4-6-10(7-5-9)16-13(19)11(8(2)17)12(18)15-14(16)20/h4-7,19H,3H2,1-2H3,(H,15,18,20)/p-1. The van der Waals surface area contributed by atoms with Crippen LogP contribution in [0.15, 0.2) is 33.9 Å². The van der Waals surface area contributed by atoms with Gasteiger partial charge in [-0.15, -0.1) is 0 Å². The Hall–Kier alpha value is -2.63. The molecule has 0 aliphatic rings. The first-order chi connectivity index (χ1) is 9.45. The number of benzene rings is 1. The molecule has 1 aromatic carbocycles. The highest BCUT2D eigenvalue weighted by Gasteiger charge is 2.12. The molecule has 0 fully saturated rings. The molecule has 0 spiro atoms. The van der Waals surface area contributed by atoms with E-state index in [1.807, 2.05) is 11.9 Å². The van der Waals surface area contributed by atoms with Crippen LogP contribution in [0, 0.1) is 0 Å². The number of Topliss-reactive ketones (excluding diaryl/α,β-unsaturated/α-hetero) is 1. The minimum atomic E-state index is -0.950. The van der Waals surface area contributed by atoms with E-state index in [0.717, 1.165) is 23.5 Å². The average molecular weight is 273 g/mol. The Bertz CT molecular complexity index is 769. The van der Waals surface area contributed by atoms with Crippen molar-refractivity contribution in [2.75, 3.05) is 0 Å². The maximum absolute atomic E-state index is 12.1. The highest BCUT2D eigenvalue weighted by molar-refractivity contribution is 5.95. The Morgan fingerprint density at radius 2 is 1.85 bits per heavy atom. The van der Waals surface area contributed by atoms with Gasteiger partial charge >= 0.3 is 5.69 Å². The zero-order valence-corrected chi connectivity index (χ0v) is 11.1. The number of carbonyl (C=O) groups is 1. The van der Waals surface area contributed by atoms with Crippen molar-refractivity contribution in [3.8, 4) is 11.6 Å². The predicted molar refractivity (Wildman–Crippen MR) is 71.5 cm³/mol. The van der Waals surface area contributed by atoms with E-state index in [4.69, 9.17) is 0 Å². The molecule has 0 aliphatic heterocycles. The summed E-state index contributed by atoms with van der Waals surface area (Å²) in [6, 6.07) is 6.76. The van der Waals surface area contributed by atoms with Crippen LogP contribution in [0.5, 0.6) is 5.88 Å². The van der Waals surface area contributed by atoms with Crippen molar-refractivity contribution in [3.63, 3.8) is 0 Å². The Morgan fingerprint density at radius 1 is 1.25 bits per heavy atom. The zero-order chi connectivity index (χ0) is 14.9. The van der Waals surface area contributed by atoms with E-state index in [9.17, 15) is 19.5 Å². The molecule has 104 valence electrons. The quantitative estimate of drug-likeness (QED) is 0.817. The predicted octanol–water partition coefficient (Wildman–Crippen LogP) is 0.364. The number of ketones is 1. The molecule has 0 saturated heterocycles. The average Bonchev–Trinajstić information content (AvgIpc) is 2.38. The number of hydrogen-bond acceptors (Lipinski definition) is 4. The molecule has 0 saturated carbocycles. The maximum atomic E-state index is 12.1. The van der Waals surface area contributed by atoms with Gasteiger partial charge in [0.2, 0.25) is 0 Å². The lowest BCUT2D eigenvalue weighted by molar-refractivity contribution is -0.278. The fourth-order valence-corrected chi connectivity index (χ4v) is 1.94. The second kappa shape index (κ2) is 5.16. The molecule has 0 atom stereocenters. The summed E-state index contributed by atoms with van der Waals surface area (Å²) in [7, 11) is 0. The third kappa shape index (κ3) is 2.27. The summed E-state index contributed by atoms with van der Waals surface area (Å²) in [4.78, 5) is 36.6. The van der Waals surface area contributed by atoms with Gasteiger partial charge in [-0.25, -0.2) is 4.79 Å². The van der Waals surface area contributed by atoms with E-state index >= 15 is 0 Å². The molecule has 6 nitrogen and oxygen atoms in total. The number of hydrogen-bond donors (Lipinski definition) is 1. The lowest BCUT2D eigenvalue weighted by Gasteiger charge is -2.18. The molecule has 1 heterocycles. The minimum Gasteiger partial charge on any atom is -0.859 e. The smallest absolute Gasteiger partial charge is 0.332 e. The van der Waals surface area contributed by atoms with Gasteiger partial charge in [-0.05, 0) is 36.9 Å². The Labute approximate surface area is 114 Å². The van der Waals surface area contributed by atoms with Crippen molar-refractivity contribution in [1.29, 1.82) is 0 Å². The third-order valence-electron chi connectivity index (χ3n) is 3.02. The summed E-state index contributed by atoms with van der Waals surface area (Å²) < 4.78 is 0.789. The summed E-state index contributed by atoms with van der Waals surface area (Å²) in [5.74, 6) is -1.56. The number of rotatable bonds is 3. The van der Waals surface area contributed by atoms with Crippen LogP contribution >= 0.6 is 0 Å². The molecule has 20 heavy (non-hydrogen) atoms. The van der Waals surface area contributed by atoms with Crippen LogP contribution in [0.2, 0.25) is 0 Å². The van der Waals surface area contributed by atoms with E-state index < -0.39 is 28.5 Å². The van der Waals surface area contributed by atoms with E-state index in [1.165, 1.54) is 0 Å². The van der Waals surface area contributed by atoms with Crippen LogP contribution in [0.25, 0.3) is 5.69 Å². The normalized spacial score (nSPS) is 10.5. The number of carbonyl (C=O) groups excluding carboxylic acids is 1.